The maximum absolute atomic E-state index is 15.0. The Hall–Kier alpha value is -3.84. The lowest BCUT2D eigenvalue weighted by Gasteiger charge is -2.38. The van der Waals surface area contributed by atoms with Gasteiger partial charge in [-0.2, -0.15) is 0 Å². The monoisotopic (exact) mass is 567 g/mol. The van der Waals surface area contributed by atoms with E-state index in [1.807, 2.05) is 20.2 Å². The molecule has 6 rings (SSSR count). The molecule has 12 nitrogen and oxygen atoms in total. The molecule has 2 atom stereocenters. The third-order valence-electron chi connectivity index (χ3n) is 8.57. The van der Waals surface area contributed by atoms with E-state index in [0.29, 0.717) is 37.3 Å². The first kappa shape index (κ1) is 27.3. The molecule has 218 valence electrons. The minimum Gasteiger partial charge on any atom is -0.465 e. The number of ether oxygens (including phenoxy) is 2. The smallest absolute Gasteiger partial charge is 0.416 e. The van der Waals surface area contributed by atoms with Crippen LogP contribution >= 0.6 is 0 Å². The largest absolute Gasteiger partial charge is 0.465 e. The number of carbonyl (C=O) groups is 3. The molecular weight excluding hydrogens is 533 g/mol. The average molecular weight is 568 g/mol. The van der Waals surface area contributed by atoms with Crippen LogP contribution in [0.5, 0.6) is 5.88 Å². The molecule has 2 fully saturated rings. The number of benzene rings is 1. The van der Waals surface area contributed by atoms with Crippen molar-refractivity contribution < 1.29 is 28.2 Å². The number of hydrogen-bond donors (Lipinski definition) is 2. The molecule has 13 heteroatoms. The fraction of sp³-hybridized carbons (Fsp3) is 0.536. The quantitative estimate of drug-likeness (QED) is 0.539. The van der Waals surface area contributed by atoms with Crippen molar-refractivity contribution in [2.45, 2.75) is 44.2 Å². The number of likely N-dealkylation sites (N-methyl/N-ethyl adjacent to an activating group) is 1. The molecule has 2 saturated heterocycles. The molecule has 2 aromatic rings. The Morgan fingerprint density at radius 3 is 2.80 bits per heavy atom. The summed E-state index contributed by atoms with van der Waals surface area (Å²) >= 11 is 0. The zero-order valence-electron chi connectivity index (χ0n) is 23.4. The van der Waals surface area contributed by atoms with Crippen LogP contribution in [0.3, 0.4) is 0 Å². The SMILES string of the molecule is C[C@@H](C(=O)Nc1cc(F)c2c(c1)CC(CN1CCC3(CC1)CN(c1cnc4c(n1)NC(=O)CO4)C(=O)O3)C2)N(C)C. The van der Waals surface area contributed by atoms with Crippen molar-refractivity contribution in [1.29, 1.82) is 0 Å². The molecule has 2 N–H and O–H groups in total. The molecule has 4 aliphatic rings. The first-order valence-electron chi connectivity index (χ1n) is 13.9. The second-order valence-corrected chi connectivity index (χ2v) is 11.7. The first-order valence-corrected chi connectivity index (χ1v) is 13.9. The highest BCUT2D eigenvalue weighted by Gasteiger charge is 2.48. The Labute approximate surface area is 237 Å². The van der Waals surface area contributed by atoms with Crippen molar-refractivity contribution in [2.24, 2.45) is 5.92 Å². The molecule has 1 aromatic carbocycles. The summed E-state index contributed by atoms with van der Waals surface area (Å²) < 4.78 is 26.1. The minimum absolute atomic E-state index is 0.121. The lowest BCUT2D eigenvalue weighted by molar-refractivity contribution is -0.120. The number of nitrogens with one attached hydrogen (secondary N) is 2. The number of anilines is 3. The number of aromatic nitrogens is 2. The van der Waals surface area contributed by atoms with Gasteiger partial charge in [-0.1, -0.05) is 0 Å². The van der Waals surface area contributed by atoms with Gasteiger partial charge in [-0.3, -0.25) is 19.4 Å². The number of likely N-dealkylation sites (tertiary alicyclic amines) is 1. The van der Waals surface area contributed by atoms with Gasteiger partial charge >= 0.3 is 6.09 Å². The normalized spacial score (nSPS) is 22.2. The van der Waals surface area contributed by atoms with Crippen LogP contribution in [0.2, 0.25) is 0 Å². The van der Waals surface area contributed by atoms with Crippen molar-refractivity contribution in [3.05, 3.63) is 35.3 Å². The summed E-state index contributed by atoms with van der Waals surface area (Å²) in [7, 11) is 3.66. The van der Waals surface area contributed by atoms with E-state index in [2.05, 4.69) is 25.5 Å². The van der Waals surface area contributed by atoms with Crippen LogP contribution in [0.4, 0.5) is 26.5 Å². The minimum atomic E-state index is -0.619. The van der Waals surface area contributed by atoms with Crippen LogP contribution < -0.4 is 20.3 Å². The van der Waals surface area contributed by atoms with Crippen molar-refractivity contribution >= 4 is 35.2 Å². The molecule has 3 amide bonds. The number of rotatable bonds is 6. The Bertz CT molecular complexity index is 1390. The van der Waals surface area contributed by atoms with E-state index in [1.54, 1.807) is 11.8 Å². The molecule has 41 heavy (non-hydrogen) atoms. The molecular formula is C28H34FN7O5. The van der Waals surface area contributed by atoms with Crippen molar-refractivity contribution in [3.63, 3.8) is 0 Å². The molecule has 1 aliphatic carbocycles. The van der Waals surface area contributed by atoms with Gasteiger partial charge in [0, 0.05) is 38.2 Å². The molecule has 1 unspecified atom stereocenters. The van der Waals surface area contributed by atoms with Gasteiger partial charge in [-0.15, -0.1) is 0 Å². The van der Waals surface area contributed by atoms with E-state index in [0.717, 1.165) is 37.2 Å². The van der Waals surface area contributed by atoms with E-state index in [-0.39, 0.29) is 47.9 Å². The number of fused-ring (bicyclic) bond motifs is 2. The van der Waals surface area contributed by atoms with Crippen LogP contribution in [0.1, 0.15) is 30.9 Å². The van der Waals surface area contributed by atoms with Gasteiger partial charge < -0.3 is 25.0 Å². The zero-order chi connectivity index (χ0) is 28.9. The number of amides is 3. The van der Waals surface area contributed by atoms with E-state index in [1.165, 1.54) is 17.2 Å². The highest BCUT2D eigenvalue weighted by molar-refractivity contribution is 5.95. The predicted octanol–water partition coefficient (Wildman–Crippen LogP) is 2.04. The van der Waals surface area contributed by atoms with E-state index < -0.39 is 11.7 Å². The number of hydrogen-bond acceptors (Lipinski definition) is 9. The van der Waals surface area contributed by atoms with Gasteiger partial charge in [-0.05, 0) is 63.0 Å². The second kappa shape index (κ2) is 10.5. The summed E-state index contributed by atoms with van der Waals surface area (Å²) in [6.45, 7) is 4.35. The fourth-order valence-electron chi connectivity index (χ4n) is 6.01. The second-order valence-electron chi connectivity index (χ2n) is 11.7. The van der Waals surface area contributed by atoms with Gasteiger partial charge in [0.2, 0.25) is 5.91 Å². The molecule has 0 radical (unpaired) electrons. The van der Waals surface area contributed by atoms with Crippen molar-refractivity contribution in [2.75, 3.05) is 62.4 Å². The zero-order valence-corrected chi connectivity index (χ0v) is 23.4. The van der Waals surface area contributed by atoms with Crippen LogP contribution in [0.25, 0.3) is 0 Å². The van der Waals surface area contributed by atoms with E-state index in [9.17, 15) is 18.8 Å². The number of piperidine rings is 1. The third-order valence-corrected chi connectivity index (χ3v) is 8.57. The Kier molecular flexibility index (Phi) is 7.02. The number of halogens is 1. The summed E-state index contributed by atoms with van der Waals surface area (Å²) in [6.07, 6.45) is 3.71. The first-order chi connectivity index (χ1) is 19.6. The average Bonchev–Trinajstić information content (AvgIpc) is 3.49. The van der Waals surface area contributed by atoms with Crippen LogP contribution in [0, 0.1) is 11.7 Å². The highest BCUT2D eigenvalue weighted by Crippen LogP contribution is 2.38. The lowest BCUT2D eigenvalue weighted by atomic mass is 9.90. The van der Waals surface area contributed by atoms with Gasteiger partial charge in [0.1, 0.15) is 11.4 Å². The molecule has 1 spiro atoms. The van der Waals surface area contributed by atoms with Crippen LogP contribution in [0.15, 0.2) is 18.3 Å². The molecule has 1 aromatic heterocycles. The highest BCUT2D eigenvalue weighted by atomic mass is 19.1. The van der Waals surface area contributed by atoms with Gasteiger partial charge in [0.25, 0.3) is 11.8 Å². The summed E-state index contributed by atoms with van der Waals surface area (Å²) in [5.41, 5.74) is 1.55. The Morgan fingerprint density at radius 2 is 2.05 bits per heavy atom. The number of carbonyl (C=O) groups excluding carboxylic acids is 3. The standard InChI is InChI=1S/C28H34FN7O5/c1-16(34(2)3)25(38)31-19-10-18-8-17(9-20(18)21(29)11-19)13-35-6-4-28(5-7-35)15-36(27(39)41-28)22-12-30-26-24(32-22)33-23(37)14-40-26/h10-12,16-17H,4-9,13-15H2,1-3H3,(H,31,38)(H,32,33,37)/t16-,17?/m0/s1. The maximum atomic E-state index is 15.0. The number of nitrogens with zero attached hydrogens (tertiary/aromatic N) is 5. The molecule has 0 bridgehead atoms. The van der Waals surface area contributed by atoms with E-state index in [4.69, 9.17) is 9.47 Å². The molecule has 0 saturated carbocycles. The predicted molar refractivity (Wildman–Crippen MR) is 147 cm³/mol. The summed E-state index contributed by atoms with van der Waals surface area (Å²) in [5.74, 6) is 0.211. The summed E-state index contributed by atoms with van der Waals surface area (Å²) in [5, 5.41) is 5.46. The van der Waals surface area contributed by atoms with Gasteiger partial charge in [0.15, 0.2) is 18.2 Å². The Balaban J connectivity index is 1.04. The maximum Gasteiger partial charge on any atom is 0.416 e. The summed E-state index contributed by atoms with van der Waals surface area (Å²) in [6, 6.07) is 2.99. The van der Waals surface area contributed by atoms with Crippen LogP contribution in [-0.4, -0.2) is 96.2 Å². The summed E-state index contributed by atoms with van der Waals surface area (Å²) in [4.78, 5) is 51.1. The van der Waals surface area contributed by atoms with Gasteiger partial charge in [-0.25, -0.2) is 19.2 Å². The Morgan fingerprint density at radius 1 is 1.27 bits per heavy atom. The van der Waals surface area contributed by atoms with Crippen LogP contribution in [-0.2, 0) is 27.2 Å². The molecule has 4 heterocycles. The fourth-order valence-corrected chi connectivity index (χ4v) is 6.01. The lowest BCUT2D eigenvalue weighted by Crippen LogP contribution is -2.48. The van der Waals surface area contributed by atoms with E-state index >= 15 is 0 Å². The van der Waals surface area contributed by atoms with Crippen molar-refractivity contribution in [3.8, 4) is 5.88 Å². The van der Waals surface area contributed by atoms with Crippen molar-refractivity contribution in [1.82, 2.24) is 19.8 Å². The topological polar surface area (TPSA) is 129 Å². The third kappa shape index (κ3) is 5.43. The van der Waals surface area contributed by atoms with Gasteiger partial charge in [0.05, 0.1) is 18.8 Å². The molecule has 3 aliphatic heterocycles.